The zero-order chi connectivity index (χ0) is 30.2. The average Bonchev–Trinajstić information content (AvgIpc) is 2.94. The third-order valence-corrected chi connectivity index (χ3v) is 6.56. The molecule has 3 heterocycles. The van der Waals surface area contributed by atoms with Gasteiger partial charge in [0, 0.05) is 28.8 Å². The molecule has 9 nitrogen and oxygen atoms in total. The number of fused-ring (bicyclic) bond motifs is 1. The number of anilines is 3. The number of alkyl halides is 3. The average molecular weight is 572 g/mol. The molecule has 5 rings (SSSR count). The summed E-state index contributed by atoms with van der Waals surface area (Å²) in [6, 6.07) is 12.5. The molecule has 0 unspecified atom stereocenters. The van der Waals surface area contributed by atoms with E-state index in [2.05, 4.69) is 37.1 Å². The van der Waals surface area contributed by atoms with Crippen LogP contribution in [0.3, 0.4) is 0 Å². The number of carbonyl (C=O) groups is 1. The molecule has 0 spiro atoms. The highest BCUT2D eigenvalue weighted by Crippen LogP contribution is 2.31. The van der Waals surface area contributed by atoms with E-state index < -0.39 is 23.3 Å². The largest absolute Gasteiger partial charge is 0.416 e. The molecule has 0 aliphatic rings. The van der Waals surface area contributed by atoms with Gasteiger partial charge in [-0.2, -0.15) is 23.1 Å². The van der Waals surface area contributed by atoms with Crippen LogP contribution in [-0.2, 0) is 6.18 Å². The highest BCUT2D eigenvalue weighted by molar-refractivity contribution is 6.05. The Hall–Kier alpha value is -5.39. The van der Waals surface area contributed by atoms with Gasteiger partial charge in [-0.05, 0) is 68.8 Å². The van der Waals surface area contributed by atoms with Crippen molar-refractivity contribution in [3.63, 3.8) is 0 Å². The second-order valence-electron chi connectivity index (χ2n) is 9.47. The molecule has 212 valence electrons. The Morgan fingerprint density at radius 2 is 1.79 bits per heavy atom. The van der Waals surface area contributed by atoms with Crippen molar-refractivity contribution in [2.75, 3.05) is 10.6 Å². The van der Waals surface area contributed by atoms with E-state index >= 15 is 0 Å². The maximum absolute atomic E-state index is 13.3. The van der Waals surface area contributed by atoms with E-state index in [9.17, 15) is 22.8 Å². The van der Waals surface area contributed by atoms with Crippen LogP contribution < -0.4 is 16.3 Å². The second kappa shape index (κ2) is 10.9. The van der Waals surface area contributed by atoms with Gasteiger partial charge in [-0.15, -0.1) is 0 Å². The third kappa shape index (κ3) is 5.59. The summed E-state index contributed by atoms with van der Waals surface area (Å²) in [6.07, 6.45) is -1.50. The topological polar surface area (TPSA) is 115 Å². The lowest BCUT2D eigenvalue weighted by Crippen LogP contribution is -2.25. The molecule has 5 aromatic rings. The predicted molar refractivity (Wildman–Crippen MR) is 154 cm³/mol. The SMILES string of the molecule is C=Cc1ccc(C(=O)Nc2cccc(C(F)(F)F)c2)cc1-n1c(C)c2cnc(Nc3ccc(C)nc3C)nc2nc1=O. The quantitative estimate of drug-likeness (QED) is 0.251. The van der Waals surface area contributed by atoms with Gasteiger partial charge in [0.2, 0.25) is 5.95 Å². The fourth-order valence-corrected chi connectivity index (χ4v) is 4.43. The van der Waals surface area contributed by atoms with Gasteiger partial charge in [-0.1, -0.05) is 24.8 Å². The lowest BCUT2D eigenvalue weighted by molar-refractivity contribution is -0.137. The minimum Gasteiger partial charge on any atom is -0.323 e. The van der Waals surface area contributed by atoms with Gasteiger partial charge in [0.1, 0.15) is 0 Å². The van der Waals surface area contributed by atoms with Crippen LogP contribution in [0.2, 0.25) is 0 Å². The zero-order valence-corrected chi connectivity index (χ0v) is 22.7. The molecular weight excluding hydrogens is 547 g/mol. The maximum atomic E-state index is 13.3. The molecule has 0 aliphatic carbocycles. The molecular formula is C30H24F3N7O2. The van der Waals surface area contributed by atoms with Gasteiger partial charge in [0.15, 0.2) is 5.65 Å². The first kappa shape index (κ1) is 28.1. The van der Waals surface area contributed by atoms with Crippen LogP contribution in [0.4, 0.5) is 30.5 Å². The number of benzene rings is 2. The fourth-order valence-electron chi connectivity index (χ4n) is 4.43. The molecule has 0 saturated heterocycles. The summed E-state index contributed by atoms with van der Waals surface area (Å²) in [6.45, 7) is 9.23. The Morgan fingerprint density at radius 1 is 1.00 bits per heavy atom. The Morgan fingerprint density at radius 3 is 2.50 bits per heavy atom. The number of aromatic nitrogens is 5. The van der Waals surface area contributed by atoms with Crippen LogP contribution in [-0.4, -0.2) is 30.4 Å². The van der Waals surface area contributed by atoms with Crippen molar-refractivity contribution in [3.05, 3.63) is 112 Å². The summed E-state index contributed by atoms with van der Waals surface area (Å²) in [4.78, 5) is 43.7. The summed E-state index contributed by atoms with van der Waals surface area (Å²) in [5.74, 6) is -0.425. The van der Waals surface area contributed by atoms with Crippen molar-refractivity contribution in [1.82, 2.24) is 24.5 Å². The van der Waals surface area contributed by atoms with Gasteiger partial charge >= 0.3 is 11.9 Å². The fraction of sp³-hybridized carbons (Fsp3) is 0.133. The summed E-state index contributed by atoms with van der Waals surface area (Å²) < 4.78 is 40.6. The number of amides is 1. The smallest absolute Gasteiger partial charge is 0.323 e. The van der Waals surface area contributed by atoms with Crippen LogP contribution in [0.1, 0.15) is 38.6 Å². The normalized spacial score (nSPS) is 11.4. The third-order valence-electron chi connectivity index (χ3n) is 6.56. The molecule has 0 radical (unpaired) electrons. The van der Waals surface area contributed by atoms with Crippen molar-refractivity contribution >= 4 is 40.3 Å². The molecule has 0 saturated carbocycles. The minimum atomic E-state index is -4.56. The van der Waals surface area contributed by atoms with E-state index in [-0.39, 0.29) is 22.8 Å². The van der Waals surface area contributed by atoms with E-state index in [1.165, 1.54) is 41.1 Å². The summed E-state index contributed by atoms with van der Waals surface area (Å²) in [7, 11) is 0. The maximum Gasteiger partial charge on any atom is 0.416 e. The molecule has 2 N–H and O–H groups in total. The van der Waals surface area contributed by atoms with Gasteiger partial charge in [0.25, 0.3) is 5.91 Å². The number of hydrogen-bond acceptors (Lipinski definition) is 7. The van der Waals surface area contributed by atoms with Crippen LogP contribution in [0, 0.1) is 20.8 Å². The Kier molecular flexibility index (Phi) is 7.29. The summed E-state index contributed by atoms with van der Waals surface area (Å²) >= 11 is 0. The summed E-state index contributed by atoms with van der Waals surface area (Å²) in [5.41, 5.74) is 2.33. The highest BCUT2D eigenvalue weighted by Gasteiger charge is 2.30. The molecule has 42 heavy (non-hydrogen) atoms. The molecule has 0 bridgehead atoms. The van der Waals surface area contributed by atoms with E-state index in [1.807, 2.05) is 26.0 Å². The van der Waals surface area contributed by atoms with Gasteiger partial charge < -0.3 is 10.6 Å². The van der Waals surface area contributed by atoms with Gasteiger partial charge in [-0.3, -0.25) is 14.3 Å². The predicted octanol–water partition coefficient (Wildman–Crippen LogP) is 6.15. The standard InChI is InChI=1S/C30H24F3N7O2/c1-5-19-10-11-20(27(41)36-22-8-6-7-21(14-22)30(31,32)33)13-25(19)40-18(4)23-15-34-28(38-26(23)39-29(40)42)37-24-12-9-16(2)35-17(24)3/h5-15H,1H2,2-4H3,(H,36,41)(H,37,38,39,42). The number of aryl methyl sites for hydroxylation is 3. The number of rotatable bonds is 6. The number of halogens is 3. The lowest BCUT2D eigenvalue weighted by Gasteiger charge is -2.16. The number of nitrogens with one attached hydrogen (secondary N) is 2. The molecule has 3 aromatic heterocycles. The van der Waals surface area contributed by atoms with Crippen molar-refractivity contribution in [2.24, 2.45) is 0 Å². The molecule has 0 fully saturated rings. The van der Waals surface area contributed by atoms with E-state index in [4.69, 9.17) is 0 Å². The Balaban J connectivity index is 1.51. The molecule has 1 amide bonds. The first-order chi connectivity index (χ1) is 19.9. The molecule has 0 aliphatic heterocycles. The highest BCUT2D eigenvalue weighted by atomic mass is 19.4. The molecule has 2 aromatic carbocycles. The monoisotopic (exact) mass is 571 g/mol. The van der Waals surface area contributed by atoms with Crippen molar-refractivity contribution < 1.29 is 18.0 Å². The van der Waals surface area contributed by atoms with Crippen molar-refractivity contribution in [1.29, 1.82) is 0 Å². The number of hydrogen-bond donors (Lipinski definition) is 2. The number of pyridine rings is 1. The zero-order valence-electron chi connectivity index (χ0n) is 22.7. The minimum absolute atomic E-state index is 0.0249. The van der Waals surface area contributed by atoms with Crippen molar-refractivity contribution in [3.8, 4) is 5.69 Å². The van der Waals surface area contributed by atoms with E-state index in [1.54, 1.807) is 13.0 Å². The van der Waals surface area contributed by atoms with Crippen molar-refractivity contribution in [2.45, 2.75) is 26.9 Å². The van der Waals surface area contributed by atoms with Gasteiger partial charge in [0.05, 0.1) is 28.0 Å². The molecule has 12 heteroatoms. The number of carbonyl (C=O) groups excluding carboxylic acids is 1. The summed E-state index contributed by atoms with van der Waals surface area (Å²) in [5, 5.41) is 6.07. The second-order valence-corrected chi connectivity index (χ2v) is 9.47. The van der Waals surface area contributed by atoms with Crippen LogP contribution in [0.5, 0.6) is 0 Å². The Bertz CT molecular complexity index is 1930. The first-order valence-corrected chi connectivity index (χ1v) is 12.7. The Labute approximate surface area is 237 Å². The number of nitrogens with zero attached hydrogens (tertiary/aromatic N) is 5. The lowest BCUT2D eigenvalue weighted by atomic mass is 10.1. The van der Waals surface area contributed by atoms with Gasteiger partial charge in [-0.25, -0.2) is 9.78 Å². The molecule has 0 atom stereocenters. The first-order valence-electron chi connectivity index (χ1n) is 12.7. The van der Waals surface area contributed by atoms with Crippen LogP contribution >= 0.6 is 0 Å². The van der Waals surface area contributed by atoms with E-state index in [0.29, 0.717) is 28.0 Å². The van der Waals surface area contributed by atoms with Crippen LogP contribution in [0.25, 0.3) is 22.8 Å². The van der Waals surface area contributed by atoms with E-state index in [0.717, 1.165) is 23.5 Å². The van der Waals surface area contributed by atoms with Crippen LogP contribution in [0.15, 0.2) is 72.2 Å².